The molecule has 12 rings (SSSR count). The predicted octanol–water partition coefficient (Wildman–Crippen LogP) is 17.2. The number of amidine groups is 2. The molecule has 2 N–H and O–H groups in total. The third-order valence-electron chi connectivity index (χ3n) is 13.2. The zero-order chi connectivity index (χ0) is 46.3. The van der Waals surface area contributed by atoms with Crippen LogP contribution >= 0.6 is 11.3 Å². The molecule has 0 aliphatic rings. The average Bonchev–Trinajstić information content (AvgIpc) is 4.00. The van der Waals surface area contributed by atoms with Crippen LogP contribution in [0.3, 0.4) is 0 Å². The maximum atomic E-state index is 6.97. The van der Waals surface area contributed by atoms with E-state index >= 15 is 0 Å². The first-order chi connectivity index (χ1) is 34.0. The van der Waals surface area contributed by atoms with Gasteiger partial charge in [-0.25, -0.2) is 4.99 Å². The van der Waals surface area contributed by atoms with Crippen molar-refractivity contribution in [2.24, 2.45) is 15.7 Å². The van der Waals surface area contributed by atoms with Gasteiger partial charge in [-0.3, -0.25) is 4.99 Å². The van der Waals surface area contributed by atoms with Crippen LogP contribution in [0.1, 0.15) is 29.7 Å². The number of aliphatic imine (C=N–C) groups is 2. The van der Waals surface area contributed by atoms with Crippen molar-refractivity contribution < 1.29 is 4.42 Å². The fourth-order valence-electron chi connectivity index (χ4n) is 9.58. The Kier molecular flexibility index (Phi) is 10.8. The van der Waals surface area contributed by atoms with Crippen LogP contribution in [0.15, 0.2) is 251 Å². The highest BCUT2D eigenvalue weighted by atomic mass is 32.1. The number of hydrogen-bond donors (Lipinski definition) is 1. The van der Waals surface area contributed by atoms with Gasteiger partial charge in [0.15, 0.2) is 5.84 Å². The summed E-state index contributed by atoms with van der Waals surface area (Å²) in [6, 6.07) is 83.1. The molecule has 10 aromatic carbocycles. The summed E-state index contributed by atoms with van der Waals surface area (Å²) < 4.78 is 8.94. The fourth-order valence-corrected chi connectivity index (χ4v) is 11.0. The Morgan fingerprint density at radius 2 is 0.913 bits per heavy atom. The Labute approximate surface area is 405 Å². The van der Waals surface area contributed by atoms with Crippen molar-refractivity contribution in [3.63, 3.8) is 0 Å². The molecule has 328 valence electrons. The molecule has 0 amide bonds. The zero-order valence-corrected chi connectivity index (χ0v) is 38.7. The molecule has 2 heterocycles. The van der Waals surface area contributed by atoms with Crippen LogP contribution in [0, 0.1) is 0 Å². The van der Waals surface area contributed by atoms with Crippen LogP contribution in [0.25, 0.3) is 97.7 Å². The molecule has 0 saturated heterocycles. The van der Waals surface area contributed by atoms with Gasteiger partial charge in [-0.1, -0.05) is 218 Å². The highest BCUT2D eigenvalue weighted by Gasteiger charge is 2.18. The van der Waals surface area contributed by atoms with Gasteiger partial charge >= 0.3 is 0 Å². The second-order valence-corrected chi connectivity index (χ2v) is 18.5. The molecule has 5 heteroatoms. The third kappa shape index (κ3) is 7.99. The minimum absolute atomic E-state index is 0.192. The van der Waals surface area contributed by atoms with Crippen molar-refractivity contribution >= 4 is 65.1 Å². The van der Waals surface area contributed by atoms with E-state index < -0.39 is 0 Å². The fraction of sp³-hybridized carbons (Fsp3) is 0.0312. The molecule has 0 saturated carbocycles. The van der Waals surface area contributed by atoms with Gasteiger partial charge in [-0.05, 0) is 86.3 Å². The average molecular weight is 904 g/mol. The molecule has 1 unspecified atom stereocenters. The number of fused-ring (bicyclic) bond motifs is 6. The van der Waals surface area contributed by atoms with Gasteiger partial charge in [0.05, 0.1) is 6.04 Å². The lowest BCUT2D eigenvalue weighted by Crippen LogP contribution is -2.17. The van der Waals surface area contributed by atoms with Crippen molar-refractivity contribution in [3.05, 3.63) is 253 Å². The molecule has 0 radical (unpaired) electrons. The Balaban J connectivity index is 0.819. The summed E-state index contributed by atoms with van der Waals surface area (Å²) in [6.07, 6.45) is 0. The number of thiophene rings is 1. The number of nitrogens with zero attached hydrogens (tertiary/aromatic N) is 2. The van der Waals surface area contributed by atoms with E-state index in [1.54, 1.807) is 0 Å². The van der Waals surface area contributed by atoms with Gasteiger partial charge in [0.25, 0.3) is 0 Å². The van der Waals surface area contributed by atoms with Crippen LogP contribution in [0.5, 0.6) is 0 Å². The van der Waals surface area contributed by atoms with Gasteiger partial charge in [-0.15, -0.1) is 11.3 Å². The van der Waals surface area contributed by atoms with Crippen molar-refractivity contribution in [2.45, 2.75) is 13.0 Å². The third-order valence-corrected chi connectivity index (χ3v) is 14.5. The Morgan fingerprint density at radius 1 is 0.435 bits per heavy atom. The Bertz CT molecular complexity index is 3870. The van der Waals surface area contributed by atoms with Crippen LogP contribution in [0.4, 0.5) is 0 Å². The number of furan rings is 1. The van der Waals surface area contributed by atoms with Crippen LogP contribution in [0.2, 0.25) is 0 Å². The molecular weight excluding hydrogens is 859 g/mol. The zero-order valence-electron chi connectivity index (χ0n) is 37.9. The summed E-state index contributed by atoms with van der Waals surface area (Å²) >= 11 is 1.89. The highest BCUT2D eigenvalue weighted by molar-refractivity contribution is 7.26. The first-order valence-electron chi connectivity index (χ1n) is 23.3. The lowest BCUT2D eigenvalue weighted by molar-refractivity contribution is 0.669. The van der Waals surface area contributed by atoms with Crippen LogP contribution in [-0.2, 0) is 0 Å². The van der Waals surface area contributed by atoms with Gasteiger partial charge < -0.3 is 10.2 Å². The second-order valence-electron chi connectivity index (χ2n) is 17.5. The summed E-state index contributed by atoms with van der Waals surface area (Å²) in [5, 5.41) is 4.51. The summed E-state index contributed by atoms with van der Waals surface area (Å²) in [4.78, 5) is 10.3. The SMILES string of the molecule is CC(N=C(N=C(N)c1cccc2oc3ccc(-c4ccccc4)cc3c12)c1ccccc1)c1ccc(-c2ccc(-c3cccc4c3sc3c(-c5ccc(-c6ccccc6)cc5)cccc34)cc2)cc1. The van der Waals surface area contributed by atoms with Crippen molar-refractivity contribution in [1.29, 1.82) is 0 Å². The summed E-state index contributed by atoms with van der Waals surface area (Å²) in [6.45, 7) is 2.10. The van der Waals surface area contributed by atoms with Gasteiger partial charge in [0.2, 0.25) is 0 Å². The maximum absolute atomic E-state index is 6.97. The summed E-state index contributed by atoms with van der Waals surface area (Å²) in [7, 11) is 0. The Morgan fingerprint density at radius 3 is 1.49 bits per heavy atom. The van der Waals surface area contributed by atoms with E-state index in [9.17, 15) is 0 Å². The van der Waals surface area contributed by atoms with E-state index in [1.165, 1.54) is 53.6 Å². The molecular formula is C64H45N3OS. The largest absolute Gasteiger partial charge is 0.456 e. The lowest BCUT2D eigenvalue weighted by Gasteiger charge is -2.12. The number of benzene rings is 10. The molecule has 0 aliphatic heterocycles. The van der Waals surface area contributed by atoms with Crippen LogP contribution < -0.4 is 5.73 Å². The van der Waals surface area contributed by atoms with Crippen LogP contribution in [-0.4, -0.2) is 11.7 Å². The number of hydrogen-bond acceptors (Lipinski definition) is 3. The molecule has 0 bridgehead atoms. The van der Waals surface area contributed by atoms with Crippen molar-refractivity contribution in [1.82, 2.24) is 0 Å². The van der Waals surface area contributed by atoms with E-state index in [1.807, 2.05) is 72.0 Å². The van der Waals surface area contributed by atoms with E-state index in [2.05, 4.69) is 183 Å². The van der Waals surface area contributed by atoms with E-state index in [0.29, 0.717) is 11.7 Å². The van der Waals surface area contributed by atoms with Gasteiger partial charge in [0.1, 0.15) is 17.0 Å². The molecule has 4 nitrogen and oxygen atoms in total. The minimum Gasteiger partial charge on any atom is -0.456 e. The first kappa shape index (κ1) is 41.8. The molecule has 0 fully saturated rings. The molecule has 69 heavy (non-hydrogen) atoms. The monoisotopic (exact) mass is 903 g/mol. The predicted molar refractivity (Wildman–Crippen MR) is 292 cm³/mol. The standard InChI is InChI=1S/C64H45N3OS/c1-41(66-64(50-18-9-4-10-19-50)67-63(65)56-24-13-25-59-60(56)57-40-51(38-39-58(57)68-59)44-16-7-3-8-17-44)42-26-28-46(29-27-42)47-32-36-49(37-33-47)53-21-12-23-55-54-22-11-20-52(61(54)69-62(53)55)48-34-30-45(31-35-48)43-14-5-2-6-15-43/h2-41H,1H3,(H2,65,66,67). The molecule has 12 aromatic rings. The molecule has 0 spiro atoms. The summed E-state index contributed by atoms with van der Waals surface area (Å²) in [5.41, 5.74) is 23.2. The van der Waals surface area contributed by atoms with Gasteiger partial charge in [-0.2, -0.15) is 0 Å². The minimum atomic E-state index is -0.192. The highest BCUT2D eigenvalue weighted by Crippen LogP contribution is 2.44. The van der Waals surface area contributed by atoms with Gasteiger partial charge in [0, 0.05) is 42.1 Å². The van der Waals surface area contributed by atoms with Crippen molar-refractivity contribution in [3.8, 4) is 55.6 Å². The normalized spacial score (nSPS) is 12.6. The molecule has 2 aromatic heterocycles. The van der Waals surface area contributed by atoms with E-state index in [0.717, 1.165) is 60.9 Å². The Hall–Kier alpha value is -8.64. The first-order valence-corrected chi connectivity index (χ1v) is 24.1. The lowest BCUT2D eigenvalue weighted by atomic mass is 9.97. The molecule has 0 aliphatic carbocycles. The van der Waals surface area contributed by atoms with Crippen molar-refractivity contribution in [2.75, 3.05) is 0 Å². The maximum Gasteiger partial charge on any atom is 0.157 e. The summed E-state index contributed by atoms with van der Waals surface area (Å²) in [5.74, 6) is 0.942. The number of rotatable bonds is 9. The second kappa shape index (κ2) is 17.9. The quantitative estimate of drug-likeness (QED) is 0.116. The van der Waals surface area contributed by atoms with E-state index in [4.69, 9.17) is 20.1 Å². The molecule has 1 atom stereocenters. The topological polar surface area (TPSA) is 63.9 Å². The number of nitrogens with two attached hydrogens (primary N) is 1. The smallest absolute Gasteiger partial charge is 0.157 e. The van der Waals surface area contributed by atoms with E-state index in [-0.39, 0.29) is 6.04 Å².